The maximum Gasteiger partial charge on any atom is 0.356 e. The van der Waals surface area contributed by atoms with Crippen LogP contribution in [0.25, 0.3) is 0 Å². The molecule has 1 saturated heterocycles. The van der Waals surface area contributed by atoms with Crippen LogP contribution in [0, 0.1) is 0 Å². The zero-order valence-corrected chi connectivity index (χ0v) is 14.9. The number of hydrogen-bond donors (Lipinski definition) is 2. The lowest BCUT2D eigenvalue weighted by Gasteiger charge is -2.48. The summed E-state index contributed by atoms with van der Waals surface area (Å²) in [6.07, 6.45) is 0. The van der Waals surface area contributed by atoms with Crippen LogP contribution in [0.1, 0.15) is 0 Å². The topological polar surface area (TPSA) is 95.9 Å². The minimum atomic E-state index is -1.21. The van der Waals surface area contributed by atoms with Gasteiger partial charge in [0.05, 0.1) is 18.6 Å². The van der Waals surface area contributed by atoms with Gasteiger partial charge in [0.1, 0.15) is 17.2 Å². The van der Waals surface area contributed by atoms with E-state index in [9.17, 15) is 19.5 Å². The van der Waals surface area contributed by atoms with Crippen molar-refractivity contribution in [3.8, 4) is 0 Å². The smallest absolute Gasteiger partial charge is 0.356 e. The fraction of sp³-hybridized carbons (Fsp3) is 0.312. The standard InChI is InChI=1S/C16H16N2O5S2/c1-23-10-7-25-15-12(14(20)18(15)13(10)16(21)22)17-11(19)8-24-9-5-3-2-4-6-9/h2-6,12,15H,7-8H2,1H3,(H,17,19)(H,21,22)/t12?,15-/m1/s1. The minimum Gasteiger partial charge on any atom is -0.498 e. The number of nitrogens with one attached hydrogen (secondary N) is 1. The second-order valence-electron chi connectivity index (χ2n) is 5.34. The Balaban J connectivity index is 1.61. The molecule has 0 spiro atoms. The molecule has 2 heterocycles. The van der Waals surface area contributed by atoms with E-state index in [0.29, 0.717) is 5.75 Å². The summed E-state index contributed by atoms with van der Waals surface area (Å²) in [6, 6.07) is 8.77. The Kier molecular flexibility index (Phi) is 5.24. The van der Waals surface area contributed by atoms with Gasteiger partial charge in [0.25, 0.3) is 5.91 Å². The van der Waals surface area contributed by atoms with E-state index in [2.05, 4.69) is 5.32 Å². The van der Waals surface area contributed by atoms with Crippen molar-refractivity contribution in [2.75, 3.05) is 18.6 Å². The van der Waals surface area contributed by atoms with Crippen LogP contribution in [0.5, 0.6) is 0 Å². The molecule has 132 valence electrons. The molecule has 1 fully saturated rings. The van der Waals surface area contributed by atoms with Crippen LogP contribution < -0.4 is 5.32 Å². The summed E-state index contributed by atoms with van der Waals surface area (Å²) in [6.45, 7) is 0. The third kappa shape index (κ3) is 3.47. The van der Waals surface area contributed by atoms with Crippen molar-refractivity contribution in [3.05, 3.63) is 41.8 Å². The second kappa shape index (κ2) is 7.40. The number of benzene rings is 1. The first-order chi connectivity index (χ1) is 12.0. The van der Waals surface area contributed by atoms with Crippen molar-refractivity contribution in [2.24, 2.45) is 0 Å². The van der Waals surface area contributed by atoms with E-state index in [4.69, 9.17) is 4.74 Å². The third-order valence-electron chi connectivity index (χ3n) is 3.81. The van der Waals surface area contributed by atoms with Crippen molar-refractivity contribution < 1.29 is 24.2 Å². The Hall–Kier alpha value is -2.13. The number of β-lactam (4-membered cyclic amide) rings is 1. The number of aliphatic carboxylic acids is 1. The number of ether oxygens (including phenoxy) is 1. The highest BCUT2D eigenvalue weighted by molar-refractivity contribution is 8.00. The van der Waals surface area contributed by atoms with Gasteiger partial charge < -0.3 is 15.2 Å². The molecule has 1 aromatic rings. The first-order valence-corrected chi connectivity index (χ1v) is 9.48. The van der Waals surface area contributed by atoms with Gasteiger partial charge in [-0.3, -0.25) is 14.5 Å². The lowest BCUT2D eigenvalue weighted by molar-refractivity contribution is -0.151. The molecule has 0 radical (unpaired) electrons. The molecule has 0 saturated carbocycles. The predicted molar refractivity (Wildman–Crippen MR) is 93.9 cm³/mol. The quantitative estimate of drug-likeness (QED) is 0.564. The number of carbonyl (C=O) groups is 3. The molecule has 25 heavy (non-hydrogen) atoms. The lowest BCUT2D eigenvalue weighted by Crippen LogP contribution is -2.70. The summed E-state index contributed by atoms with van der Waals surface area (Å²) in [5.74, 6) is -1.10. The number of carboxylic acid groups (broad SMARTS) is 1. The van der Waals surface area contributed by atoms with Crippen molar-refractivity contribution >= 4 is 41.3 Å². The largest absolute Gasteiger partial charge is 0.498 e. The molecule has 0 bridgehead atoms. The number of carbonyl (C=O) groups excluding carboxylic acids is 2. The van der Waals surface area contributed by atoms with Gasteiger partial charge in [0.2, 0.25) is 5.91 Å². The molecular weight excluding hydrogens is 364 g/mol. The summed E-state index contributed by atoms with van der Waals surface area (Å²) >= 11 is 2.75. The Morgan fingerprint density at radius 3 is 2.76 bits per heavy atom. The minimum absolute atomic E-state index is 0.139. The lowest BCUT2D eigenvalue weighted by atomic mass is 10.0. The van der Waals surface area contributed by atoms with E-state index in [-0.39, 0.29) is 23.1 Å². The first kappa shape index (κ1) is 17.7. The van der Waals surface area contributed by atoms with E-state index in [1.54, 1.807) is 0 Å². The van der Waals surface area contributed by atoms with E-state index >= 15 is 0 Å². The highest BCUT2D eigenvalue weighted by Crippen LogP contribution is 2.40. The summed E-state index contributed by atoms with van der Waals surface area (Å²) < 4.78 is 5.06. The average Bonchev–Trinajstić information content (AvgIpc) is 2.63. The van der Waals surface area contributed by atoms with Crippen LogP contribution >= 0.6 is 23.5 Å². The van der Waals surface area contributed by atoms with E-state index in [1.165, 1.54) is 35.5 Å². The molecule has 2 aliphatic heterocycles. The fourth-order valence-electron chi connectivity index (χ4n) is 2.63. The second-order valence-corrected chi connectivity index (χ2v) is 7.49. The van der Waals surface area contributed by atoms with Crippen LogP contribution in [0.4, 0.5) is 0 Å². The molecule has 1 aromatic carbocycles. The van der Waals surface area contributed by atoms with Crippen molar-refractivity contribution in [2.45, 2.75) is 16.3 Å². The van der Waals surface area contributed by atoms with Gasteiger partial charge in [-0.25, -0.2) is 4.79 Å². The van der Waals surface area contributed by atoms with Gasteiger partial charge in [0.15, 0.2) is 5.70 Å². The number of thioether (sulfide) groups is 2. The van der Waals surface area contributed by atoms with E-state index in [0.717, 1.165) is 4.90 Å². The number of rotatable bonds is 6. The highest BCUT2D eigenvalue weighted by atomic mass is 32.2. The molecular formula is C16H16N2O5S2. The summed E-state index contributed by atoms with van der Waals surface area (Å²) in [5.41, 5.74) is -0.139. The molecule has 1 unspecified atom stereocenters. The molecule has 9 heteroatoms. The zero-order chi connectivity index (χ0) is 18.0. The van der Waals surface area contributed by atoms with E-state index < -0.39 is 23.3 Å². The first-order valence-electron chi connectivity index (χ1n) is 7.45. The van der Waals surface area contributed by atoms with Crippen molar-refractivity contribution in [3.63, 3.8) is 0 Å². The van der Waals surface area contributed by atoms with Gasteiger partial charge in [-0.1, -0.05) is 18.2 Å². The van der Waals surface area contributed by atoms with Gasteiger partial charge in [-0.15, -0.1) is 23.5 Å². The number of hydrogen-bond acceptors (Lipinski definition) is 6. The van der Waals surface area contributed by atoms with E-state index in [1.807, 2.05) is 30.3 Å². The van der Waals surface area contributed by atoms with Crippen molar-refractivity contribution in [1.82, 2.24) is 10.2 Å². The van der Waals surface area contributed by atoms with Crippen LogP contribution in [-0.4, -0.2) is 57.8 Å². The average molecular weight is 380 g/mol. The SMILES string of the molecule is COC1=C(C(=O)O)N2C(=O)C(NC(=O)CSc3ccccc3)[C@H]2SC1. The summed E-state index contributed by atoms with van der Waals surface area (Å²) in [4.78, 5) is 38.0. The maximum atomic E-state index is 12.3. The Morgan fingerprint density at radius 1 is 1.40 bits per heavy atom. The zero-order valence-electron chi connectivity index (χ0n) is 13.3. The Labute approximate surface area is 152 Å². The van der Waals surface area contributed by atoms with Gasteiger partial charge in [-0.2, -0.15) is 0 Å². The predicted octanol–water partition coefficient (Wildman–Crippen LogP) is 1.12. The number of nitrogens with zero attached hydrogens (tertiary/aromatic N) is 1. The molecule has 7 nitrogen and oxygen atoms in total. The van der Waals surface area contributed by atoms with Crippen LogP contribution in [0.2, 0.25) is 0 Å². The molecule has 0 aliphatic carbocycles. The molecule has 2 atom stereocenters. The fourth-order valence-corrected chi connectivity index (χ4v) is 4.67. The monoisotopic (exact) mass is 380 g/mol. The summed E-state index contributed by atoms with van der Waals surface area (Å²) in [5, 5.41) is 11.6. The third-order valence-corrected chi connectivity index (χ3v) is 6.08. The van der Waals surface area contributed by atoms with Crippen molar-refractivity contribution in [1.29, 1.82) is 0 Å². The molecule has 0 aromatic heterocycles. The van der Waals surface area contributed by atoms with Gasteiger partial charge >= 0.3 is 5.97 Å². The van der Waals surface area contributed by atoms with Crippen LogP contribution in [-0.2, 0) is 19.1 Å². The molecule has 2 aliphatic rings. The Bertz CT molecular complexity index is 737. The Morgan fingerprint density at radius 2 is 2.12 bits per heavy atom. The molecule has 2 N–H and O–H groups in total. The number of fused-ring (bicyclic) bond motifs is 1. The van der Waals surface area contributed by atoms with Crippen LogP contribution in [0.3, 0.4) is 0 Å². The molecule has 2 amide bonds. The number of carboxylic acids is 1. The number of amides is 2. The normalized spacial score (nSPS) is 22.1. The molecule has 3 rings (SSSR count). The van der Waals surface area contributed by atoms with Gasteiger partial charge in [0, 0.05) is 4.90 Å². The van der Waals surface area contributed by atoms with Crippen LogP contribution in [0.15, 0.2) is 46.7 Å². The summed E-state index contributed by atoms with van der Waals surface area (Å²) in [7, 11) is 1.38. The maximum absolute atomic E-state index is 12.3. The highest BCUT2D eigenvalue weighted by Gasteiger charge is 2.54. The number of methoxy groups -OCH3 is 1. The van der Waals surface area contributed by atoms with Gasteiger partial charge in [-0.05, 0) is 12.1 Å².